The Balaban J connectivity index is 1.53. The Morgan fingerprint density at radius 3 is 2.61 bits per heavy atom. The number of hydrogen-bond donors (Lipinski definition) is 3. The first-order chi connectivity index (χ1) is 18.1. The van der Waals surface area contributed by atoms with Crippen molar-refractivity contribution >= 4 is 60.6 Å². The number of carbonyl (C=O) groups excluding carboxylic acids is 2. The zero-order chi connectivity index (χ0) is 26.9. The van der Waals surface area contributed by atoms with Gasteiger partial charge in [-0.3, -0.25) is 14.3 Å². The van der Waals surface area contributed by atoms with Crippen molar-refractivity contribution in [1.29, 1.82) is 0 Å². The standard InChI is InChI=1S/C23H19N5O8S2/c29-19(24-13-16-5-4-12-35-16)11-9-15-8-10-18-22(21(15)28-14-20(30)26-38(28,33)34)36-25-23(18)27-37(31,32)17-6-2-1-3-7-17/h1-12H,13-14H2,(H,24,29)(H,25,27)(H,26,30). The van der Waals surface area contributed by atoms with Crippen LogP contribution >= 0.6 is 0 Å². The predicted molar refractivity (Wildman–Crippen MR) is 135 cm³/mol. The van der Waals surface area contributed by atoms with Crippen LogP contribution in [-0.2, 0) is 36.4 Å². The molecule has 1 fully saturated rings. The van der Waals surface area contributed by atoms with E-state index in [1.165, 1.54) is 42.7 Å². The number of rotatable bonds is 8. The van der Waals surface area contributed by atoms with Crippen LogP contribution in [0, 0.1) is 0 Å². The van der Waals surface area contributed by atoms with Crippen LogP contribution in [0.4, 0.5) is 11.5 Å². The number of carbonyl (C=O) groups is 2. The van der Waals surface area contributed by atoms with Gasteiger partial charge in [-0.1, -0.05) is 29.4 Å². The molecule has 0 atom stereocenters. The van der Waals surface area contributed by atoms with Crippen molar-refractivity contribution < 1.29 is 35.4 Å². The minimum atomic E-state index is -4.29. The molecule has 3 heterocycles. The van der Waals surface area contributed by atoms with E-state index < -0.39 is 38.6 Å². The van der Waals surface area contributed by atoms with Gasteiger partial charge in [0.1, 0.15) is 18.0 Å². The number of amides is 2. The van der Waals surface area contributed by atoms with Crippen molar-refractivity contribution in [2.45, 2.75) is 11.4 Å². The minimum absolute atomic E-state index is 0.0200. The van der Waals surface area contributed by atoms with Gasteiger partial charge in [-0.2, -0.15) is 8.42 Å². The molecule has 1 aliphatic heterocycles. The summed E-state index contributed by atoms with van der Waals surface area (Å²) in [6.07, 6.45) is 3.97. The van der Waals surface area contributed by atoms with Crippen LogP contribution in [0.2, 0.25) is 0 Å². The molecule has 5 rings (SSSR count). The van der Waals surface area contributed by atoms with Gasteiger partial charge in [0.2, 0.25) is 5.91 Å². The largest absolute Gasteiger partial charge is 0.467 e. The first-order valence-corrected chi connectivity index (χ1v) is 13.9. The molecule has 2 amide bonds. The fourth-order valence-electron chi connectivity index (χ4n) is 3.71. The van der Waals surface area contributed by atoms with Gasteiger partial charge in [-0.05, 0) is 36.4 Å². The highest BCUT2D eigenvalue weighted by molar-refractivity contribution is 7.92. The van der Waals surface area contributed by atoms with Crippen LogP contribution in [0.3, 0.4) is 0 Å². The molecule has 0 aliphatic carbocycles. The summed E-state index contributed by atoms with van der Waals surface area (Å²) < 4.78 is 66.5. The maximum Gasteiger partial charge on any atom is 0.326 e. The molecule has 1 saturated heterocycles. The summed E-state index contributed by atoms with van der Waals surface area (Å²) in [6, 6.07) is 13.8. The predicted octanol–water partition coefficient (Wildman–Crippen LogP) is 1.73. The molecular weight excluding hydrogens is 538 g/mol. The summed E-state index contributed by atoms with van der Waals surface area (Å²) in [6.45, 7) is -0.424. The minimum Gasteiger partial charge on any atom is -0.467 e. The summed E-state index contributed by atoms with van der Waals surface area (Å²) in [5, 5.41) is 6.55. The van der Waals surface area contributed by atoms with E-state index in [4.69, 9.17) is 8.94 Å². The molecule has 1 aliphatic rings. The second-order valence-electron chi connectivity index (χ2n) is 8.00. The lowest BCUT2D eigenvalue weighted by Crippen LogP contribution is -2.30. The lowest BCUT2D eigenvalue weighted by Gasteiger charge is -2.17. The molecule has 38 heavy (non-hydrogen) atoms. The van der Waals surface area contributed by atoms with E-state index in [-0.39, 0.29) is 39.5 Å². The van der Waals surface area contributed by atoms with E-state index in [0.29, 0.717) is 5.76 Å². The SMILES string of the molecule is O=C(C=Cc1ccc2c(NS(=O)(=O)c3ccccc3)noc2c1N1CC(=O)NS1(=O)=O)NCc1ccco1. The normalized spacial score (nSPS) is 15.2. The monoisotopic (exact) mass is 557 g/mol. The molecule has 196 valence electrons. The van der Waals surface area contributed by atoms with Gasteiger partial charge < -0.3 is 14.3 Å². The van der Waals surface area contributed by atoms with E-state index in [9.17, 15) is 26.4 Å². The summed E-state index contributed by atoms with van der Waals surface area (Å²) >= 11 is 0. The molecule has 0 radical (unpaired) electrons. The molecule has 4 aromatic rings. The van der Waals surface area contributed by atoms with Crippen molar-refractivity contribution in [3.05, 3.63) is 78.3 Å². The van der Waals surface area contributed by atoms with E-state index in [1.54, 1.807) is 30.3 Å². The van der Waals surface area contributed by atoms with Crippen molar-refractivity contribution in [1.82, 2.24) is 15.2 Å². The molecule has 2 aromatic carbocycles. The third-order valence-electron chi connectivity index (χ3n) is 5.43. The number of fused-ring (bicyclic) bond motifs is 1. The van der Waals surface area contributed by atoms with Gasteiger partial charge in [0.15, 0.2) is 11.4 Å². The molecule has 13 nitrogen and oxygen atoms in total. The van der Waals surface area contributed by atoms with Crippen LogP contribution in [0.25, 0.3) is 17.0 Å². The Morgan fingerprint density at radius 2 is 1.92 bits per heavy atom. The molecule has 0 saturated carbocycles. The van der Waals surface area contributed by atoms with Crippen LogP contribution in [0.15, 0.2) is 80.8 Å². The fourth-order valence-corrected chi connectivity index (χ4v) is 5.93. The zero-order valence-corrected chi connectivity index (χ0v) is 21.0. The maximum atomic E-state index is 12.8. The Kier molecular flexibility index (Phi) is 6.38. The molecule has 0 bridgehead atoms. The lowest BCUT2D eigenvalue weighted by atomic mass is 10.1. The Hall–Kier alpha value is -4.63. The van der Waals surface area contributed by atoms with Gasteiger partial charge in [0, 0.05) is 11.6 Å². The summed E-state index contributed by atoms with van der Waals surface area (Å²) in [7, 11) is -8.33. The van der Waals surface area contributed by atoms with Crippen LogP contribution in [0.5, 0.6) is 0 Å². The maximum absolute atomic E-state index is 12.8. The van der Waals surface area contributed by atoms with E-state index in [0.717, 1.165) is 4.31 Å². The van der Waals surface area contributed by atoms with Gasteiger partial charge in [0.05, 0.1) is 23.1 Å². The van der Waals surface area contributed by atoms with Crippen molar-refractivity contribution in [3.8, 4) is 0 Å². The number of anilines is 2. The van der Waals surface area contributed by atoms with Crippen molar-refractivity contribution in [2.75, 3.05) is 15.6 Å². The number of nitrogens with one attached hydrogen (secondary N) is 3. The molecule has 2 aromatic heterocycles. The van der Waals surface area contributed by atoms with Crippen molar-refractivity contribution in [3.63, 3.8) is 0 Å². The number of aromatic nitrogens is 1. The Morgan fingerprint density at radius 1 is 1.13 bits per heavy atom. The highest BCUT2D eigenvalue weighted by atomic mass is 32.2. The Bertz CT molecular complexity index is 1760. The summed E-state index contributed by atoms with van der Waals surface area (Å²) in [5.41, 5.74) is -0.0260. The number of nitrogens with zero attached hydrogens (tertiary/aromatic N) is 2. The summed E-state index contributed by atoms with van der Waals surface area (Å²) in [4.78, 5) is 24.3. The molecule has 3 N–H and O–H groups in total. The van der Waals surface area contributed by atoms with Gasteiger partial charge >= 0.3 is 10.2 Å². The van der Waals surface area contributed by atoms with Crippen LogP contribution < -0.4 is 19.1 Å². The average molecular weight is 558 g/mol. The highest BCUT2D eigenvalue weighted by Gasteiger charge is 2.37. The molecule has 0 spiro atoms. The number of hydrogen-bond acceptors (Lipinski definition) is 9. The third kappa shape index (κ3) is 4.96. The third-order valence-corrected chi connectivity index (χ3v) is 8.16. The molecule has 15 heteroatoms. The fraction of sp³-hybridized carbons (Fsp3) is 0.0870. The van der Waals surface area contributed by atoms with Gasteiger partial charge in [0.25, 0.3) is 15.9 Å². The van der Waals surface area contributed by atoms with E-state index in [2.05, 4.69) is 15.2 Å². The molecular formula is C23H19N5O8S2. The molecule has 0 unspecified atom stereocenters. The smallest absolute Gasteiger partial charge is 0.326 e. The number of benzene rings is 2. The lowest BCUT2D eigenvalue weighted by molar-refractivity contribution is -0.117. The van der Waals surface area contributed by atoms with Crippen LogP contribution in [-0.4, -0.2) is 40.4 Å². The van der Waals surface area contributed by atoms with E-state index in [1.807, 2.05) is 4.72 Å². The quantitative estimate of drug-likeness (QED) is 0.272. The second-order valence-corrected chi connectivity index (χ2v) is 11.3. The van der Waals surface area contributed by atoms with Crippen LogP contribution in [0.1, 0.15) is 11.3 Å². The zero-order valence-electron chi connectivity index (χ0n) is 19.3. The topological polar surface area (TPSA) is 181 Å². The second kappa shape index (κ2) is 9.68. The number of sulfonamides is 1. The van der Waals surface area contributed by atoms with E-state index >= 15 is 0 Å². The summed E-state index contributed by atoms with van der Waals surface area (Å²) in [5.74, 6) is -0.932. The van der Waals surface area contributed by atoms with Gasteiger partial charge in [-0.25, -0.2) is 17.4 Å². The Labute approximate surface area is 216 Å². The average Bonchev–Trinajstić information content (AvgIpc) is 3.60. The number of furan rings is 1. The highest BCUT2D eigenvalue weighted by Crippen LogP contribution is 2.38. The first kappa shape index (κ1) is 25.0. The van der Waals surface area contributed by atoms with Gasteiger partial charge in [-0.15, -0.1) is 0 Å². The first-order valence-electron chi connectivity index (χ1n) is 11.0. The van der Waals surface area contributed by atoms with Crippen molar-refractivity contribution in [2.24, 2.45) is 0 Å².